The number of hydrogen-bond acceptors (Lipinski definition) is 5. The van der Waals surface area contributed by atoms with E-state index < -0.39 is 0 Å². The van der Waals surface area contributed by atoms with E-state index in [9.17, 15) is 9.18 Å². The number of amides is 1. The highest BCUT2D eigenvalue weighted by molar-refractivity contribution is 5.95. The summed E-state index contributed by atoms with van der Waals surface area (Å²) in [6, 6.07) is 6.35. The Labute approximate surface area is 184 Å². The summed E-state index contributed by atoms with van der Waals surface area (Å²) in [4.78, 5) is 24.4. The first kappa shape index (κ1) is 21.5. The number of carbonyl (C=O) groups excluding carboxylic acids is 1. The molecule has 9 heteroatoms. The van der Waals surface area contributed by atoms with Gasteiger partial charge in [-0.3, -0.25) is 4.79 Å². The second-order valence-electron chi connectivity index (χ2n) is 7.86. The molecule has 4 rings (SSSR count). The molecular weight excluding hydrogens is 411 g/mol. The molecule has 0 atom stereocenters. The first-order chi connectivity index (χ1) is 15.3. The van der Waals surface area contributed by atoms with Gasteiger partial charge < -0.3 is 15.0 Å². The number of aryl methyl sites for hydroxylation is 1. The van der Waals surface area contributed by atoms with Gasteiger partial charge in [0.1, 0.15) is 12.1 Å². The van der Waals surface area contributed by atoms with Crippen LogP contribution in [-0.2, 0) is 6.42 Å². The van der Waals surface area contributed by atoms with Crippen LogP contribution in [0.25, 0.3) is 16.7 Å². The van der Waals surface area contributed by atoms with Crippen molar-refractivity contribution in [2.75, 3.05) is 6.54 Å². The molecule has 8 nitrogen and oxygen atoms in total. The minimum Gasteiger partial charge on any atom is -0.475 e. The summed E-state index contributed by atoms with van der Waals surface area (Å²) in [7, 11) is 0. The zero-order valence-electron chi connectivity index (χ0n) is 18.4. The first-order valence-corrected chi connectivity index (χ1v) is 10.4. The highest BCUT2D eigenvalue weighted by Crippen LogP contribution is 2.23. The van der Waals surface area contributed by atoms with Crippen molar-refractivity contribution in [2.24, 2.45) is 0 Å². The van der Waals surface area contributed by atoms with Crippen molar-refractivity contribution in [3.8, 4) is 11.7 Å². The maximum Gasteiger partial charge on any atom is 0.254 e. The van der Waals surface area contributed by atoms with Crippen molar-refractivity contribution in [3.63, 3.8) is 0 Å². The Hall–Kier alpha value is -3.75. The molecule has 2 N–H and O–H groups in total. The molecule has 4 aromatic rings. The Bertz CT molecular complexity index is 1280. The van der Waals surface area contributed by atoms with Gasteiger partial charge in [-0.15, -0.1) is 0 Å². The number of halogens is 1. The third-order valence-corrected chi connectivity index (χ3v) is 5.20. The number of fused-ring (bicyclic) bond motifs is 1. The van der Waals surface area contributed by atoms with Gasteiger partial charge in [-0.05, 0) is 57.9 Å². The number of aromatic amines is 1. The summed E-state index contributed by atoms with van der Waals surface area (Å²) in [6.45, 7) is 7.99. The van der Waals surface area contributed by atoms with Gasteiger partial charge in [0.25, 0.3) is 5.91 Å². The first-order valence-electron chi connectivity index (χ1n) is 10.4. The summed E-state index contributed by atoms with van der Waals surface area (Å²) in [5.41, 5.74) is 3.95. The average molecular weight is 436 g/mol. The summed E-state index contributed by atoms with van der Waals surface area (Å²) in [5, 5.41) is 8.08. The van der Waals surface area contributed by atoms with Gasteiger partial charge in [-0.25, -0.2) is 19.0 Å². The van der Waals surface area contributed by atoms with Gasteiger partial charge in [0, 0.05) is 29.2 Å². The molecule has 1 amide bonds. The van der Waals surface area contributed by atoms with Gasteiger partial charge >= 0.3 is 0 Å². The van der Waals surface area contributed by atoms with Crippen LogP contribution in [-0.4, -0.2) is 43.3 Å². The quantitative estimate of drug-likeness (QED) is 0.461. The van der Waals surface area contributed by atoms with Crippen molar-refractivity contribution in [1.82, 2.24) is 30.0 Å². The molecule has 1 aromatic carbocycles. The minimum atomic E-state index is -0.281. The zero-order chi connectivity index (χ0) is 22.8. The van der Waals surface area contributed by atoms with Crippen LogP contribution < -0.4 is 10.1 Å². The predicted molar refractivity (Wildman–Crippen MR) is 119 cm³/mol. The molecule has 0 saturated carbocycles. The predicted octanol–water partition coefficient (Wildman–Crippen LogP) is 3.66. The lowest BCUT2D eigenvalue weighted by atomic mass is 10.1. The number of rotatable bonds is 7. The van der Waals surface area contributed by atoms with Crippen molar-refractivity contribution < 1.29 is 13.9 Å². The van der Waals surface area contributed by atoms with Crippen LogP contribution in [0.1, 0.15) is 41.2 Å². The monoisotopic (exact) mass is 436 g/mol. The molecule has 0 saturated heterocycles. The molecular formula is C23H25FN6O2. The van der Waals surface area contributed by atoms with Gasteiger partial charge in [0.05, 0.1) is 23.6 Å². The second-order valence-corrected chi connectivity index (χ2v) is 7.86. The van der Waals surface area contributed by atoms with Crippen LogP contribution in [0, 0.1) is 19.7 Å². The number of aromatic nitrogens is 5. The molecule has 0 aliphatic heterocycles. The summed E-state index contributed by atoms with van der Waals surface area (Å²) in [6.07, 6.45) is 3.48. The van der Waals surface area contributed by atoms with Crippen LogP contribution in [0.2, 0.25) is 0 Å². The van der Waals surface area contributed by atoms with Crippen LogP contribution >= 0.6 is 0 Å². The summed E-state index contributed by atoms with van der Waals surface area (Å²) < 4.78 is 20.9. The highest BCUT2D eigenvalue weighted by atomic mass is 19.1. The van der Waals surface area contributed by atoms with E-state index in [1.165, 1.54) is 24.7 Å². The molecule has 0 aliphatic rings. The number of carbonyl (C=O) groups is 1. The lowest BCUT2D eigenvalue weighted by Crippen LogP contribution is -2.26. The smallest absolute Gasteiger partial charge is 0.254 e. The minimum absolute atomic E-state index is 0.0184. The molecule has 0 fully saturated rings. The second kappa shape index (κ2) is 8.78. The molecule has 0 aliphatic carbocycles. The third-order valence-electron chi connectivity index (χ3n) is 5.20. The van der Waals surface area contributed by atoms with Crippen molar-refractivity contribution in [3.05, 3.63) is 65.1 Å². The lowest BCUT2D eigenvalue weighted by Gasteiger charge is -2.10. The molecule has 166 valence electrons. The SMILES string of the molecule is Cc1[nH]c2ccc(F)cc2c1CCNC(=O)c1cnn(-c2cc(OC(C)C)ncn2)c1C. The Kier molecular flexibility index (Phi) is 5.89. The fourth-order valence-electron chi connectivity index (χ4n) is 3.69. The summed E-state index contributed by atoms with van der Waals surface area (Å²) >= 11 is 0. The van der Waals surface area contributed by atoms with Gasteiger partial charge in [-0.1, -0.05) is 0 Å². The highest BCUT2D eigenvalue weighted by Gasteiger charge is 2.17. The average Bonchev–Trinajstić information content (AvgIpc) is 3.27. The Morgan fingerprint density at radius 2 is 2.06 bits per heavy atom. The van der Waals surface area contributed by atoms with E-state index in [0.29, 0.717) is 35.9 Å². The van der Waals surface area contributed by atoms with Crippen molar-refractivity contribution in [2.45, 2.75) is 40.2 Å². The Morgan fingerprint density at radius 3 is 2.84 bits per heavy atom. The van der Waals surface area contributed by atoms with E-state index in [0.717, 1.165) is 22.2 Å². The van der Waals surface area contributed by atoms with Gasteiger partial charge in [-0.2, -0.15) is 5.10 Å². The van der Waals surface area contributed by atoms with Crippen molar-refractivity contribution >= 4 is 16.8 Å². The van der Waals surface area contributed by atoms with Crippen LogP contribution in [0.5, 0.6) is 5.88 Å². The van der Waals surface area contributed by atoms with E-state index in [1.807, 2.05) is 20.8 Å². The number of hydrogen-bond donors (Lipinski definition) is 2. The molecule has 0 spiro atoms. The zero-order valence-corrected chi connectivity index (χ0v) is 18.4. The maximum absolute atomic E-state index is 13.7. The van der Waals surface area contributed by atoms with Gasteiger partial charge in [0.2, 0.25) is 5.88 Å². The Balaban J connectivity index is 1.46. The Morgan fingerprint density at radius 1 is 1.25 bits per heavy atom. The largest absolute Gasteiger partial charge is 0.475 e. The number of nitrogens with one attached hydrogen (secondary N) is 2. The number of ether oxygens (including phenoxy) is 1. The van der Waals surface area contributed by atoms with Crippen LogP contribution in [0.15, 0.2) is 36.8 Å². The van der Waals surface area contributed by atoms with Gasteiger partial charge in [0.15, 0.2) is 5.82 Å². The molecule has 0 bridgehead atoms. The van der Waals surface area contributed by atoms with Crippen LogP contribution in [0.4, 0.5) is 4.39 Å². The van der Waals surface area contributed by atoms with Crippen LogP contribution in [0.3, 0.4) is 0 Å². The van der Waals surface area contributed by atoms with E-state index in [1.54, 1.807) is 23.7 Å². The molecule has 3 aromatic heterocycles. The third kappa shape index (κ3) is 4.32. The lowest BCUT2D eigenvalue weighted by molar-refractivity contribution is 0.0953. The fourth-order valence-corrected chi connectivity index (χ4v) is 3.69. The molecule has 32 heavy (non-hydrogen) atoms. The maximum atomic E-state index is 13.7. The van der Waals surface area contributed by atoms with Crippen molar-refractivity contribution in [1.29, 1.82) is 0 Å². The molecule has 0 unspecified atom stereocenters. The molecule has 0 radical (unpaired) electrons. The van der Waals surface area contributed by atoms with E-state index >= 15 is 0 Å². The number of H-pyrrole nitrogens is 1. The normalized spacial score (nSPS) is 11.3. The topological polar surface area (TPSA) is 97.7 Å². The number of benzene rings is 1. The van der Waals surface area contributed by atoms with E-state index in [4.69, 9.17) is 4.74 Å². The van der Waals surface area contributed by atoms with E-state index in [2.05, 4.69) is 25.4 Å². The van der Waals surface area contributed by atoms with E-state index in [-0.39, 0.29) is 17.8 Å². The molecule has 3 heterocycles. The number of nitrogens with zero attached hydrogens (tertiary/aromatic N) is 4. The fraction of sp³-hybridized carbons (Fsp3) is 0.304. The standard InChI is InChI=1S/C23H25FN6O2/c1-13(2)32-22-10-21(26-12-27-22)30-15(4)19(11-28-30)23(31)25-8-7-17-14(3)29-20-6-5-16(24)9-18(17)20/h5-6,9-13,29H,7-8H2,1-4H3,(H,25,31). The summed E-state index contributed by atoms with van der Waals surface area (Å²) in [5.74, 6) is 0.446.